The molecule has 0 unspecified atom stereocenters. The first-order valence-electron chi connectivity index (χ1n) is 4.64. The van der Waals surface area contributed by atoms with Gasteiger partial charge in [0, 0.05) is 17.3 Å². The largest absolute Gasteiger partial charge is 0.261 e. The maximum absolute atomic E-state index is 4.45. The molecule has 64 valence electrons. The van der Waals surface area contributed by atoms with E-state index in [0.717, 1.165) is 0 Å². The van der Waals surface area contributed by atoms with Crippen molar-refractivity contribution in [1.29, 1.82) is 0 Å². The zero-order valence-electron chi connectivity index (χ0n) is 7.80. The molecular weight excluding hydrogens is 146 g/mol. The quantitative estimate of drug-likeness (QED) is 0.517. The second kappa shape index (κ2) is 2.58. The molecule has 12 heavy (non-hydrogen) atoms. The highest BCUT2D eigenvalue weighted by molar-refractivity contribution is 6.02. The third kappa shape index (κ3) is 1.36. The average molecular weight is 161 g/mol. The van der Waals surface area contributed by atoms with Crippen molar-refractivity contribution in [3.63, 3.8) is 0 Å². The Kier molecular flexibility index (Phi) is 1.67. The summed E-state index contributed by atoms with van der Waals surface area (Å²) in [6.07, 6.45) is 10.2. The summed E-state index contributed by atoms with van der Waals surface area (Å²) >= 11 is 0. The predicted molar refractivity (Wildman–Crippen MR) is 52.3 cm³/mol. The van der Waals surface area contributed by atoms with Gasteiger partial charge in [0.25, 0.3) is 0 Å². The van der Waals surface area contributed by atoms with Gasteiger partial charge in [-0.1, -0.05) is 26.0 Å². The molecule has 2 aliphatic rings. The summed E-state index contributed by atoms with van der Waals surface area (Å²) in [4.78, 5) is 4.45. The maximum atomic E-state index is 4.45. The van der Waals surface area contributed by atoms with Crippen molar-refractivity contribution in [3.8, 4) is 0 Å². The van der Waals surface area contributed by atoms with Gasteiger partial charge in [0.1, 0.15) is 0 Å². The molecule has 1 aliphatic carbocycles. The van der Waals surface area contributed by atoms with Crippen LogP contribution in [-0.2, 0) is 0 Å². The van der Waals surface area contributed by atoms with E-state index in [9.17, 15) is 0 Å². The molecule has 1 heterocycles. The van der Waals surface area contributed by atoms with E-state index in [2.05, 4.69) is 31.0 Å². The van der Waals surface area contributed by atoms with Crippen molar-refractivity contribution in [1.82, 2.24) is 0 Å². The Morgan fingerprint density at radius 1 is 1.33 bits per heavy atom. The summed E-state index contributed by atoms with van der Waals surface area (Å²) in [7, 11) is 0. The van der Waals surface area contributed by atoms with Crippen molar-refractivity contribution < 1.29 is 0 Å². The minimum Gasteiger partial charge on any atom is -0.261 e. The number of hydrogen-bond donors (Lipinski definition) is 0. The van der Waals surface area contributed by atoms with Crippen LogP contribution < -0.4 is 0 Å². The van der Waals surface area contributed by atoms with E-state index in [-0.39, 0.29) is 5.41 Å². The highest BCUT2D eigenvalue weighted by atomic mass is 14.7. The fourth-order valence-corrected chi connectivity index (χ4v) is 1.87. The number of rotatable bonds is 0. The van der Waals surface area contributed by atoms with Crippen LogP contribution in [0, 0.1) is 5.41 Å². The molecule has 1 heteroatoms. The van der Waals surface area contributed by atoms with Crippen LogP contribution in [0.1, 0.15) is 33.1 Å². The van der Waals surface area contributed by atoms with E-state index >= 15 is 0 Å². The van der Waals surface area contributed by atoms with Crippen molar-refractivity contribution in [2.24, 2.45) is 10.4 Å². The molecule has 1 aliphatic heterocycles. The maximum Gasteiger partial charge on any atom is 0.0432 e. The summed E-state index contributed by atoms with van der Waals surface area (Å²) in [5.41, 5.74) is 2.99. The molecule has 0 saturated heterocycles. The smallest absolute Gasteiger partial charge is 0.0432 e. The van der Waals surface area contributed by atoms with Crippen molar-refractivity contribution in [2.75, 3.05) is 0 Å². The number of hydrogen-bond acceptors (Lipinski definition) is 1. The highest BCUT2D eigenvalue weighted by Gasteiger charge is 2.20. The topological polar surface area (TPSA) is 12.4 Å². The van der Waals surface area contributed by atoms with Crippen molar-refractivity contribution >= 4 is 5.71 Å². The number of allylic oxidation sites excluding steroid dienone is 3. The Labute approximate surface area is 73.9 Å². The van der Waals surface area contributed by atoms with E-state index in [4.69, 9.17) is 0 Å². The normalized spacial score (nSPS) is 25.8. The van der Waals surface area contributed by atoms with Gasteiger partial charge in [-0.25, -0.2) is 0 Å². The Morgan fingerprint density at radius 2 is 2.17 bits per heavy atom. The number of fused-ring (bicyclic) bond motifs is 1. The zero-order chi connectivity index (χ0) is 8.60. The molecule has 1 saturated carbocycles. The van der Waals surface area contributed by atoms with Crippen LogP contribution in [0.5, 0.6) is 0 Å². The molecule has 1 fully saturated rings. The molecular formula is C11H15N. The first kappa shape index (κ1) is 7.78. The third-order valence-corrected chi connectivity index (χ3v) is 2.51. The Hall–Kier alpha value is -0.850. The van der Waals surface area contributed by atoms with E-state index in [0.29, 0.717) is 0 Å². The third-order valence-electron chi connectivity index (χ3n) is 2.51. The Morgan fingerprint density at radius 3 is 3.00 bits per heavy atom. The fraction of sp³-hybridized carbons (Fsp3) is 0.545. The number of nitrogens with zero attached hydrogens (tertiary/aromatic N) is 1. The van der Waals surface area contributed by atoms with Gasteiger partial charge in [0.05, 0.1) is 0 Å². The molecule has 0 radical (unpaired) electrons. The molecule has 1 nitrogen and oxygen atoms in total. The molecule has 0 bridgehead atoms. The first-order valence-corrected chi connectivity index (χ1v) is 4.64. The molecule has 0 spiro atoms. The molecule has 0 N–H and O–H groups in total. The van der Waals surface area contributed by atoms with E-state index in [1.165, 1.54) is 30.5 Å². The lowest BCUT2D eigenvalue weighted by molar-refractivity contribution is 0.621. The summed E-state index contributed by atoms with van der Waals surface area (Å²) in [6.45, 7) is 4.46. The van der Waals surface area contributed by atoms with Crippen molar-refractivity contribution in [2.45, 2.75) is 33.1 Å². The van der Waals surface area contributed by atoms with Gasteiger partial charge in [-0.3, -0.25) is 4.99 Å². The van der Waals surface area contributed by atoms with Crippen LogP contribution in [0.15, 0.2) is 28.9 Å². The molecule has 0 aromatic rings. The zero-order valence-corrected chi connectivity index (χ0v) is 7.80. The minimum absolute atomic E-state index is 0.199. The van der Waals surface area contributed by atoms with Gasteiger partial charge in [0.15, 0.2) is 0 Å². The second-order valence-electron chi connectivity index (χ2n) is 4.24. The minimum atomic E-state index is 0.199. The van der Waals surface area contributed by atoms with Crippen LogP contribution in [0.4, 0.5) is 0 Å². The lowest BCUT2D eigenvalue weighted by Crippen LogP contribution is -2.03. The van der Waals surface area contributed by atoms with Gasteiger partial charge >= 0.3 is 0 Å². The Bertz CT molecular complexity index is 279. The van der Waals surface area contributed by atoms with E-state index < -0.39 is 0 Å². The van der Waals surface area contributed by atoms with Crippen LogP contribution in [-0.4, -0.2) is 5.71 Å². The summed E-state index contributed by atoms with van der Waals surface area (Å²) in [6, 6.07) is 0. The van der Waals surface area contributed by atoms with Crippen LogP contribution >= 0.6 is 0 Å². The predicted octanol–water partition coefficient (Wildman–Crippen LogP) is 3.09. The van der Waals surface area contributed by atoms with Crippen LogP contribution in [0.2, 0.25) is 0 Å². The van der Waals surface area contributed by atoms with Crippen LogP contribution in [0.3, 0.4) is 0 Å². The lowest BCUT2D eigenvalue weighted by atomic mass is 9.90. The molecule has 0 atom stereocenters. The highest BCUT2D eigenvalue weighted by Crippen LogP contribution is 2.31. The molecule has 0 aromatic carbocycles. The number of aliphatic imine (C=N–C) groups is 1. The standard InChI is InChI=1S/C11H15N/c1-11(2)6-7-12-10-5-3-4-9(10)8-11/h6-8H,3-5H2,1-2H3. The molecule has 0 aromatic heterocycles. The second-order valence-corrected chi connectivity index (χ2v) is 4.24. The van der Waals surface area contributed by atoms with E-state index in [1.807, 2.05) is 6.20 Å². The molecule has 0 amide bonds. The SMILES string of the molecule is CC1(C)C=CN=C2CCCC2=C1. The summed E-state index contributed by atoms with van der Waals surface area (Å²) < 4.78 is 0. The molecule has 2 rings (SSSR count). The van der Waals surface area contributed by atoms with Gasteiger partial charge in [-0.2, -0.15) is 0 Å². The van der Waals surface area contributed by atoms with Crippen LogP contribution in [0.25, 0.3) is 0 Å². The lowest BCUT2D eigenvalue weighted by Gasteiger charge is -2.13. The van der Waals surface area contributed by atoms with Gasteiger partial charge in [-0.05, 0) is 24.8 Å². The monoisotopic (exact) mass is 161 g/mol. The van der Waals surface area contributed by atoms with Gasteiger partial charge in [0.2, 0.25) is 0 Å². The summed E-state index contributed by atoms with van der Waals surface area (Å²) in [5.74, 6) is 0. The van der Waals surface area contributed by atoms with Gasteiger partial charge in [-0.15, -0.1) is 0 Å². The van der Waals surface area contributed by atoms with Crippen molar-refractivity contribution in [3.05, 3.63) is 23.9 Å². The fourth-order valence-electron chi connectivity index (χ4n) is 1.87. The first-order chi connectivity index (χ1) is 5.67. The van der Waals surface area contributed by atoms with Gasteiger partial charge < -0.3 is 0 Å². The average Bonchev–Trinajstić information content (AvgIpc) is 2.31. The van der Waals surface area contributed by atoms with E-state index in [1.54, 1.807) is 0 Å². The summed E-state index contributed by atoms with van der Waals surface area (Å²) in [5, 5.41) is 0. The Balaban J connectivity index is 2.40.